The van der Waals surface area contributed by atoms with Crippen molar-refractivity contribution in [2.24, 2.45) is 40.4 Å². The van der Waals surface area contributed by atoms with Gasteiger partial charge in [-0.2, -0.15) is 0 Å². The van der Waals surface area contributed by atoms with Crippen molar-refractivity contribution >= 4 is 5.97 Å². The molecule has 318 valence electrons. The van der Waals surface area contributed by atoms with Gasteiger partial charge in [-0.1, -0.05) is 38.0 Å². The molecule has 7 aliphatic rings. The number of fused-ring (bicyclic) bond motifs is 5. The molecule has 0 aromatic carbocycles. The van der Waals surface area contributed by atoms with Crippen molar-refractivity contribution in [2.45, 2.75) is 158 Å². The van der Waals surface area contributed by atoms with Crippen LogP contribution in [-0.4, -0.2) is 163 Å². The summed E-state index contributed by atoms with van der Waals surface area (Å²) in [4.78, 5) is 13.4. The lowest BCUT2D eigenvalue weighted by Crippen LogP contribution is -2.61. The second-order valence-electron chi connectivity index (χ2n) is 18.2. The SMILES string of the molecule is CC1=C(CO[C@@H]2O[C@H](CO)[C@@H](O)[C@H](O)[C@H]2O)C(=O)O[C@@H]([C@@H](C)[C@H]2CC[C@H]3[C@@H]4[C@@H](O)C=C5C[C@@H](O[C@@H]6O[C@H](CO)[C@@H](O)[C@H](O)[C@H]6O)C[C@H](O)[C@]5(C)[C@H]4CC[C@]23C)C1. The fourth-order valence-electron chi connectivity index (χ4n) is 12.0. The van der Waals surface area contributed by atoms with Crippen LogP contribution in [0.3, 0.4) is 0 Å². The Morgan fingerprint density at radius 3 is 2.07 bits per heavy atom. The second-order valence-corrected chi connectivity index (χ2v) is 18.2. The van der Waals surface area contributed by atoms with Crippen LogP contribution in [0, 0.1) is 40.4 Å². The van der Waals surface area contributed by atoms with E-state index in [0.29, 0.717) is 12.8 Å². The van der Waals surface area contributed by atoms with Gasteiger partial charge in [0.15, 0.2) is 12.6 Å². The summed E-state index contributed by atoms with van der Waals surface area (Å²) >= 11 is 0. The molecule has 0 bridgehead atoms. The van der Waals surface area contributed by atoms with E-state index < -0.39 is 110 Å². The first-order valence-electron chi connectivity index (χ1n) is 20.3. The van der Waals surface area contributed by atoms with Gasteiger partial charge in [-0.15, -0.1) is 0 Å². The van der Waals surface area contributed by atoms with Gasteiger partial charge in [0.05, 0.1) is 43.7 Å². The van der Waals surface area contributed by atoms with Gasteiger partial charge < -0.3 is 74.7 Å². The fraction of sp³-hybridized carbons (Fsp3) is 0.875. The van der Waals surface area contributed by atoms with Gasteiger partial charge in [0.25, 0.3) is 0 Å². The van der Waals surface area contributed by atoms with Crippen molar-refractivity contribution in [3.8, 4) is 0 Å². The smallest absolute Gasteiger partial charge is 0.336 e. The zero-order valence-corrected chi connectivity index (χ0v) is 32.5. The van der Waals surface area contributed by atoms with Crippen molar-refractivity contribution in [3.05, 3.63) is 22.8 Å². The number of aliphatic hydroxyl groups is 10. The van der Waals surface area contributed by atoms with Crippen LogP contribution in [0.1, 0.15) is 72.6 Å². The molecule has 2 saturated heterocycles. The maximum absolute atomic E-state index is 13.4. The summed E-state index contributed by atoms with van der Waals surface area (Å²) in [5, 5.41) is 104. The Morgan fingerprint density at radius 1 is 0.821 bits per heavy atom. The van der Waals surface area contributed by atoms with Crippen LogP contribution in [0.4, 0.5) is 0 Å². The normalized spacial score (nSPS) is 51.4. The molecule has 3 heterocycles. The Bertz CT molecular complexity index is 1500. The molecule has 16 nitrogen and oxygen atoms in total. The molecule has 16 heteroatoms. The number of esters is 1. The average molecular weight is 799 g/mol. The van der Waals surface area contributed by atoms with E-state index in [4.69, 9.17) is 23.7 Å². The van der Waals surface area contributed by atoms with Gasteiger partial charge in [0.2, 0.25) is 0 Å². The number of rotatable bonds is 9. The number of hydrogen-bond acceptors (Lipinski definition) is 16. The summed E-state index contributed by atoms with van der Waals surface area (Å²) in [5.41, 5.74) is 1.16. The Kier molecular flexibility index (Phi) is 12.2. The van der Waals surface area contributed by atoms with E-state index in [2.05, 4.69) is 20.8 Å². The van der Waals surface area contributed by atoms with E-state index in [0.717, 1.165) is 36.8 Å². The van der Waals surface area contributed by atoms with Gasteiger partial charge in [-0.25, -0.2) is 4.79 Å². The third-order valence-corrected chi connectivity index (χ3v) is 15.4. The first-order chi connectivity index (χ1) is 26.5. The van der Waals surface area contributed by atoms with Crippen LogP contribution >= 0.6 is 0 Å². The molecular weight excluding hydrogens is 736 g/mol. The highest BCUT2D eigenvalue weighted by Gasteiger charge is 2.64. The van der Waals surface area contributed by atoms with Gasteiger partial charge in [-0.3, -0.25) is 0 Å². The average Bonchev–Trinajstić information content (AvgIpc) is 3.52. The minimum absolute atomic E-state index is 0.00298. The molecule has 3 saturated carbocycles. The quantitative estimate of drug-likeness (QED) is 0.0968. The summed E-state index contributed by atoms with van der Waals surface area (Å²) in [6.07, 6.45) is -10.5. The Labute approximate surface area is 326 Å². The van der Waals surface area contributed by atoms with E-state index in [1.54, 1.807) is 0 Å². The number of hydrogen-bond donors (Lipinski definition) is 10. The molecule has 7 rings (SSSR count). The summed E-state index contributed by atoms with van der Waals surface area (Å²) in [5.74, 6) is -0.282. The minimum Gasteiger partial charge on any atom is -0.458 e. The first kappa shape index (κ1) is 42.5. The lowest BCUT2D eigenvalue weighted by Gasteiger charge is -2.61. The number of ether oxygens (including phenoxy) is 5. The molecule has 4 aliphatic carbocycles. The third-order valence-electron chi connectivity index (χ3n) is 15.4. The van der Waals surface area contributed by atoms with Gasteiger partial charge in [0, 0.05) is 18.3 Å². The molecule has 3 aliphatic heterocycles. The first-order valence-corrected chi connectivity index (χ1v) is 20.3. The van der Waals surface area contributed by atoms with Crippen molar-refractivity contribution in [3.63, 3.8) is 0 Å². The maximum Gasteiger partial charge on any atom is 0.336 e. The van der Waals surface area contributed by atoms with E-state index in [-0.39, 0.29) is 53.6 Å². The monoisotopic (exact) mass is 798 g/mol. The van der Waals surface area contributed by atoms with Crippen LogP contribution in [0.2, 0.25) is 0 Å². The van der Waals surface area contributed by atoms with Gasteiger partial charge in [-0.05, 0) is 74.0 Å². The van der Waals surface area contributed by atoms with Crippen molar-refractivity contribution < 1.29 is 79.5 Å². The molecule has 0 spiro atoms. The second kappa shape index (κ2) is 16.1. The number of carbonyl (C=O) groups is 1. The lowest BCUT2D eigenvalue weighted by atomic mass is 9.45. The summed E-state index contributed by atoms with van der Waals surface area (Å²) in [7, 11) is 0. The minimum atomic E-state index is -1.60. The highest BCUT2D eigenvalue weighted by Crippen LogP contribution is 2.67. The van der Waals surface area contributed by atoms with Crippen LogP contribution < -0.4 is 0 Å². The molecule has 0 amide bonds. The lowest BCUT2D eigenvalue weighted by molar-refractivity contribution is -0.315. The molecule has 0 radical (unpaired) electrons. The van der Waals surface area contributed by atoms with E-state index >= 15 is 0 Å². The number of aliphatic hydroxyl groups excluding tert-OH is 10. The number of carbonyl (C=O) groups excluding carboxylic acids is 1. The predicted molar refractivity (Wildman–Crippen MR) is 193 cm³/mol. The van der Waals surface area contributed by atoms with Crippen LogP contribution in [-0.2, 0) is 28.5 Å². The Balaban J connectivity index is 1.01. The van der Waals surface area contributed by atoms with Gasteiger partial charge in [0.1, 0.15) is 54.9 Å². The molecule has 5 fully saturated rings. The van der Waals surface area contributed by atoms with Gasteiger partial charge >= 0.3 is 5.97 Å². The zero-order valence-electron chi connectivity index (χ0n) is 32.5. The zero-order chi connectivity index (χ0) is 40.6. The largest absolute Gasteiger partial charge is 0.458 e. The van der Waals surface area contributed by atoms with E-state index in [1.807, 2.05) is 13.0 Å². The highest BCUT2D eigenvalue weighted by atomic mass is 16.7. The molecule has 0 aromatic heterocycles. The van der Waals surface area contributed by atoms with Crippen molar-refractivity contribution in [2.75, 3.05) is 19.8 Å². The Hall–Kier alpha value is -1.61. The topological polar surface area (TPSA) is 266 Å². The van der Waals surface area contributed by atoms with Crippen molar-refractivity contribution in [1.29, 1.82) is 0 Å². The molecule has 21 atom stereocenters. The number of cyclic esters (lactones) is 1. The van der Waals surface area contributed by atoms with Crippen molar-refractivity contribution in [1.82, 2.24) is 0 Å². The summed E-state index contributed by atoms with van der Waals surface area (Å²) < 4.78 is 28.8. The molecule has 0 unspecified atom stereocenters. The molecular formula is C40H62O16. The fourth-order valence-corrected chi connectivity index (χ4v) is 12.0. The predicted octanol–water partition coefficient (Wildman–Crippen LogP) is -1.22. The van der Waals surface area contributed by atoms with Crippen LogP contribution in [0.5, 0.6) is 0 Å². The standard InChI is InChI=1S/C40H62O16/c1-16-9-25(54-36(51)20(16)15-52-37-34(49)32(47)30(45)26(13-41)55-37)17(2)21-5-6-22-29-23(7-8-39(21,22)3)40(4)18(11-24(29)43)10-19(12-28(40)44)53-38-35(50)33(48)31(46)27(14-42)56-38/h11,17,19,21-35,37-38,41-50H,5-10,12-15H2,1-4H3/t17-,19+,21+,22-,23-,24-,25+,26+,27+,28-,29-,30+,31+,32-,33-,34+,35+,37+,38+,39+,40-/m0/s1. The van der Waals surface area contributed by atoms with E-state index in [1.165, 1.54) is 0 Å². The van der Waals surface area contributed by atoms with Crippen LogP contribution in [0.15, 0.2) is 22.8 Å². The third kappa shape index (κ3) is 7.02. The summed E-state index contributed by atoms with van der Waals surface area (Å²) in [6, 6.07) is 0. The summed E-state index contributed by atoms with van der Waals surface area (Å²) in [6.45, 7) is 6.92. The molecule has 0 aromatic rings. The van der Waals surface area contributed by atoms with E-state index in [9.17, 15) is 55.9 Å². The van der Waals surface area contributed by atoms with Crippen LogP contribution in [0.25, 0.3) is 0 Å². The Morgan fingerprint density at radius 2 is 1.45 bits per heavy atom. The maximum atomic E-state index is 13.4. The highest BCUT2D eigenvalue weighted by molar-refractivity contribution is 5.90. The molecule has 10 N–H and O–H groups in total. The molecule has 56 heavy (non-hydrogen) atoms.